The molecule has 3 aliphatic rings. The topological polar surface area (TPSA) is 143 Å². The number of aryl methyl sites for hydroxylation is 2. The Kier molecular flexibility index (Phi) is 8.70. The lowest BCUT2D eigenvalue weighted by atomic mass is 10.1. The summed E-state index contributed by atoms with van der Waals surface area (Å²) in [5.74, 6) is 1.94. The zero-order valence-electron chi connectivity index (χ0n) is 31.2. The largest absolute Gasteiger partial charge is 0.375 e. The van der Waals surface area contributed by atoms with E-state index in [1.165, 1.54) is 0 Å². The van der Waals surface area contributed by atoms with Crippen LogP contribution in [0.4, 0.5) is 11.6 Å². The number of H-pyrrole nitrogens is 2. The molecule has 0 amide bonds. The molecule has 0 unspecified atom stereocenters. The first-order valence-electron chi connectivity index (χ1n) is 18.8. The summed E-state index contributed by atoms with van der Waals surface area (Å²) in [6.07, 6.45) is 5.45. The van der Waals surface area contributed by atoms with E-state index < -0.39 is 0 Å². The molecule has 276 valence electrons. The van der Waals surface area contributed by atoms with Gasteiger partial charge >= 0.3 is 0 Å². The molecule has 9 heterocycles. The molecule has 0 radical (unpaired) electrons. The van der Waals surface area contributed by atoms with Gasteiger partial charge in [-0.3, -0.25) is 10.2 Å². The number of fused-ring (bicyclic) bond motifs is 6. The van der Waals surface area contributed by atoms with E-state index in [9.17, 15) is 0 Å². The molecule has 2 aromatic carbocycles. The number of anilines is 2. The van der Waals surface area contributed by atoms with Gasteiger partial charge in [-0.1, -0.05) is 26.0 Å². The number of aromatic nitrogens is 10. The first kappa shape index (κ1) is 33.9. The van der Waals surface area contributed by atoms with Gasteiger partial charge in [-0.25, -0.2) is 19.0 Å². The van der Waals surface area contributed by atoms with Gasteiger partial charge < -0.3 is 19.3 Å². The molecule has 0 saturated carbocycles. The first-order valence-corrected chi connectivity index (χ1v) is 18.8. The summed E-state index contributed by atoms with van der Waals surface area (Å²) in [6.45, 7) is 14.3. The number of benzene rings is 2. The van der Waals surface area contributed by atoms with E-state index in [1.54, 1.807) is 0 Å². The van der Waals surface area contributed by atoms with Crippen LogP contribution in [0.3, 0.4) is 0 Å². The summed E-state index contributed by atoms with van der Waals surface area (Å²) < 4.78 is 15.2. The minimum Gasteiger partial charge on any atom is -0.375 e. The van der Waals surface area contributed by atoms with Gasteiger partial charge in [0.1, 0.15) is 11.6 Å². The highest BCUT2D eigenvalue weighted by molar-refractivity contribution is 5.87. The Bertz CT molecular complexity index is 2600. The molecule has 3 saturated heterocycles. The van der Waals surface area contributed by atoms with Crippen LogP contribution in [0.1, 0.15) is 38.6 Å². The smallest absolute Gasteiger partial charge is 0.154 e. The lowest BCUT2D eigenvalue weighted by molar-refractivity contribution is 0.0529. The summed E-state index contributed by atoms with van der Waals surface area (Å²) in [7, 11) is 0. The molecule has 14 nitrogen and oxygen atoms in total. The van der Waals surface area contributed by atoms with Gasteiger partial charge in [0.05, 0.1) is 66.3 Å². The van der Waals surface area contributed by atoms with Crippen LogP contribution in [-0.4, -0.2) is 101 Å². The predicted octanol–water partition coefficient (Wildman–Crippen LogP) is 6.39. The fraction of sp³-hybridized carbons (Fsp3) is 0.350. The highest BCUT2D eigenvalue weighted by Gasteiger charge is 2.39. The molecule has 14 heteroatoms. The Morgan fingerprint density at radius 3 is 1.85 bits per heavy atom. The van der Waals surface area contributed by atoms with E-state index in [2.05, 4.69) is 77.4 Å². The van der Waals surface area contributed by atoms with Crippen LogP contribution in [0.25, 0.3) is 55.6 Å². The lowest BCUT2D eigenvalue weighted by Gasteiger charge is -2.31. The van der Waals surface area contributed by atoms with Gasteiger partial charge in [0.25, 0.3) is 0 Å². The van der Waals surface area contributed by atoms with Gasteiger partial charge in [-0.05, 0) is 75.7 Å². The van der Waals surface area contributed by atoms with Crippen molar-refractivity contribution in [2.75, 3.05) is 42.6 Å². The van der Waals surface area contributed by atoms with Crippen LogP contribution >= 0.6 is 0 Å². The summed E-state index contributed by atoms with van der Waals surface area (Å²) >= 11 is 0. The van der Waals surface area contributed by atoms with Crippen molar-refractivity contribution in [2.24, 2.45) is 0 Å². The van der Waals surface area contributed by atoms with Gasteiger partial charge in [-0.15, -0.1) is 10.2 Å². The van der Waals surface area contributed by atoms with Gasteiger partial charge in [0.15, 0.2) is 11.3 Å². The molecular weight excluding hydrogens is 681 g/mol. The van der Waals surface area contributed by atoms with Gasteiger partial charge in [0, 0.05) is 52.9 Å². The second kappa shape index (κ2) is 13.8. The Balaban J connectivity index is 0.000000136. The molecule has 0 aliphatic carbocycles. The molecule has 2 bridgehead atoms. The van der Waals surface area contributed by atoms with E-state index >= 15 is 0 Å². The maximum atomic E-state index is 5.72. The Labute approximate surface area is 312 Å². The minimum atomic E-state index is 0.218. The number of rotatable bonds is 4. The third-order valence-corrected chi connectivity index (χ3v) is 10.5. The fourth-order valence-corrected chi connectivity index (χ4v) is 7.74. The molecule has 54 heavy (non-hydrogen) atoms. The number of nitrogens with one attached hydrogen (secondary N) is 2. The number of morpholine rings is 2. The van der Waals surface area contributed by atoms with Crippen molar-refractivity contribution in [2.45, 2.75) is 59.3 Å². The van der Waals surface area contributed by atoms with E-state index in [4.69, 9.17) is 19.7 Å². The SMILES string of the molecule is CC.Cc1[nH]nc2ccc(-c3cnc4ccc(N5CCO[C@H](C)C5)nn34)cc12.Cc1[nH]nc2ccc(-c3cnc4ccc(N5C[C@H]6C[C@@H]5CO6)nn34)cc12. The van der Waals surface area contributed by atoms with Crippen LogP contribution in [-0.2, 0) is 9.47 Å². The molecule has 3 aliphatic heterocycles. The van der Waals surface area contributed by atoms with Crippen molar-refractivity contribution in [3.05, 3.63) is 84.4 Å². The van der Waals surface area contributed by atoms with Crippen LogP contribution in [0.15, 0.2) is 73.1 Å². The first-order chi connectivity index (χ1) is 26.4. The van der Waals surface area contributed by atoms with Crippen molar-refractivity contribution < 1.29 is 9.47 Å². The summed E-state index contributed by atoms with van der Waals surface area (Å²) in [6, 6.07) is 21.1. The summed E-state index contributed by atoms with van der Waals surface area (Å²) in [5.41, 5.74) is 9.90. The molecule has 11 rings (SSSR count). The quantitative estimate of drug-likeness (QED) is 0.210. The normalized spacial score (nSPS) is 19.5. The van der Waals surface area contributed by atoms with Crippen molar-refractivity contribution >= 4 is 44.7 Å². The van der Waals surface area contributed by atoms with E-state index in [1.807, 2.05) is 79.5 Å². The minimum absolute atomic E-state index is 0.218. The Morgan fingerprint density at radius 2 is 1.30 bits per heavy atom. The standard InChI is InChI=1S/C19H18N6O.C19H20N6O.C2H6/c1-11-15-6-12(2-3-16(15)22-21-11)17-8-20-18-4-5-19(23-25(17)18)24-9-14-7-13(24)10-26-14;1-12-11-24(7-8-26-12)19-6-5-18-20-10-17(25(18)23-19)14-3-4-16-15(9-14)13(2)21-22-16;1-2/h2-6,8,13-14H,7,9-10H2,1H3,(H,21,22);3-6,9-10,12H,7-8,11H2,1-2H3,(H,21,22);1-2H3/t13-,14-;12-;/m11./s1. The third-order valence-electron chi connectivity index (χ3n) is 10.5. The molecule has 0 spiro atoms. The van der Waals surface area contributed by atoms with Crippen molar-refractivity contribution in [1.29, 1.82) is 0 Å². The molecule has 6 aromatic heterocycles. The van der Waals surface area contributed by atoms with Gasteiger partial charge in [-0.2, -0.15) is 10.2 Å². The van der Waals surface area contributed by atoms with Crippen molar-refractivity contribution in [3.8, 4) is 22.5 Å². The number of ether oxygens (including phenoxy) is 2. The summed E-state index contributed by atoms with van der Waals surface area (Å²) in [5, 5.41) is 26.7. The average molecular weight is 725 g/mol. The number of nitrogens with zero attached hydrogens (tertiary/aromatic N) is 10. The van der Waals surface area contributed by atoms with Crippen molar-refractivity contribution in [1.82, 2.24) is 49.6 Å². The molecule has 3 atom stereocenters. The van der Waals surface area contributed by atoms with Gasteiger partial charge in [0.2, 0.25) is 0 Å². The Hall–Kier alpha value is -5.86. The monoisotopic (exact) mass is 724 g/mol. The Morgan fingerprint density at radius 1 is 0.704 bits per heavy atom. The third kappa shape index (κ3) is 6.00. The zero-order valence-corrected chi connectivity index (χ0v) is 31.2. The van der Waals surface area contributed by atoms with Crippen molar-refractivity contribution in [3.63, 3.8) is 0 Å². The second-order valence-electron chi connectivity index (χ2n) is 14.0. The average Bonchev–Trinajstić information content (AvgIpc) is 4.08. The maximum absolute atomic E-state index is 5.72. The molecule has 2 N–H and O–H groups in total. The molecule has 3 fully saturated rings. The molecule has 8 aromatic rings. The summed E-state index contributed by atoms with van der Waals surface area (Å²) in [4.78, 5) is 13.7. The van der Waals surface area contributed by atoms with Crippen LogP contribution < -0.4 is 9.80 Å². The molecular formula is C40H44N12O2. The highest BCUT2D eigenvalue weighted by Crippen LogP contribution is 2.33. The second-order valence-corrected chi connectivity index (χ2v) is 14.0. The number of hydrogen-bond donors (Lipinski definition) is 2. The lowest BCUT2D eigenvalue weighted by Crippen LogP contribution is -2.41. The van der Waals surface area contributed by atoms with E-state index in [0.717, 1.165) is 118 Å². The fourth-order valence-electron chi connectivity index (χ4n) is 7.74. The van der Waals surface area contributed by atoms with E-state index in [-0.39, 0.29) is 6.10 Å². The predicted molar refractivity (Wildman–Crippen MR) is 210 cm³/mol. The highest BCUT2D eigenvalue weighted by atomic mass is 16.5. The number of hydrogen-bond acceptors (Lipinski definition) is 10. The number of imidazole rings is 2. The van der Waals surface area contributed by atoms with E-state index in [0.29, 0.717) is 12.1 Å². The maximum Gasteiger partial charge on any atom is 0.154 e. The van der Waals surface area contributed by atoms with Crippen LogP contribution in [0.2, 0.25) is 0 Å². The number of aromatic amines is 2. The van der Waals surface area contributed by atoms with Crippen LogP contribution in [0, 0.1) is 13.8 Å². The zero-order chi connectivity index (χ0) is 36.9. The van der Waals surface area contributed by atoms with Crippen LogP contribution in [0.5, 0.6) is 0 Å².